The van der Waals surface area contributed by atoms with E-state index in [1.807, 2.05) is 11.4 Å². The molecule has 0 spiro atoms. The summed E-state index contributed by atoms with van der Waals surface area (Å²) in [6.07, 6.45) is 2.51. The molecule has 2 nitrogen and oxygen atoms in total. The number of nitrogens with two attached hydrogens (primary N) is 1. The fraction of sp³-hybridized carbons (Fsp3) is 0.500. The van der Waals surface area contributed by atoms with Crippen LogP contribution in [0.3, 0.4) is 0 Å². The van der Waals surface area contributed by atoms with Crippen molar-refractivity contribution in [3.63, 3.8) is 0 Å². The van der Waals surface area contributed by atoms with Crippen molar-refractivity contribution in [1.82, 2.24) is 0 Å². The van der Waals surface area contributed by atoms with Gasteiger partial charge in [-0.25, -0.2) is 0 Å². The number of hydrogen-bond acceptors (Lipinski definition) is 3. The van der Waals surface area contributed by atoms with Crippen LogP contribution in [0.2, 0.25) is 0 Å². The lowest BCUT2D eigenvalue weighted by molar-refractivity contribution is -0.123. The van der Waals surface area contributed by atoms with E-state index in [1.165, 1.54) is 0 Å². The third kappa shape index (κ3) is 1.92. The third-order valence-electron chi connectivity index (χ3n) is 2.79. The molecule has 1 aliphatic rings. The predicted molar refractivity (Wildman–Crippen MR) is 61.5 cm³/mol. The normalized spacial score (nSPS) is 18.1. The van der Waals surface area contributed by atoms with Gasteiger partial charge in [-0.05, 0) is 34.8 Å². The first-order valence-electron chi connectivity index (χ1n) is 4.62. The highest BCUT2D eigenvalue weighted by atomic mass is 79.9. The molecule has 1 fully saturated rings. The maximum absolute atomic E-state index is 11.8. The van der Waals surface area contributed by atoms with E-state index in [0.29, 0.717) is 18.7 Å². The molecule has 76 valence electrons. The fourth-order valence-corrected chi connectivity index (χ4v) is 2.99. The summed E-state index contributed by atoms with van der Waals surface area (Å²) in [6.45, 7) is 0.512. The monoisotopic (exact) mass is 273 g/mol. The van der Waals surface area contributed by atoms with E-state index in [0.717, 1.165) is 22.2 Å². The summed E-state index contributed by atoms with van der Waals surface area (Å²) in [5, 5.41) is 2.00. The first-order chi connectivity index (χ1) is 6.66. The lowest BCUT2D eigenvalue weighted by Crippen LogP contribution is -2.26. The molecule has 0 aromatic carbocycles. The Morgan fingerprint density at radius 3 is 2.79 bits per heavy atom. The van der Waals surface area contributed by atoms with Crippen molar-refractivity contribution in [3.05, 3.63) is 20.8 Å². The number of rotatable bonds is 4. The Morgan fingerprint density at radius 2 is 2.36 bits per heavy atom. The lowest BCUT2D eigenvalue weighted by Gasteiger charge is -2.09. The summed E-state index contributed by atoms with van der Waals surface area (Å²) >= 11 is 5.00. The second-order valence-electron chi connectivity index (χ2n) is 3.82. The van der Waals surface area contributed by atoms with E-state index < -0.39 is 0 Å². The maximum atomic E-state index is 11.8. The van der Waals surface area contributed by atoms with Crippen LogP contribution in [0.5, 0.6) is 0 Å². The van der Waals surface area contributed by atoms with Gasteiger partial charge in [0.1, 0.15) is 5.78 Å². The molecule has 0 atom stereocenters. The van der Waals surface area contributed by atoms with Crippen LogP contribution in [-0.2, 0) is 11.2 Å². The topological polar surface area (TPSA) is 43.1 Å². The quantitative estimate of drug-likeness (QED) is 0.915. The summed E-state index contributed by atoms with van der Waals surface area (Å²) < 4.78 is 1.06. The lowest BCUT2D eigenvalue weighted by atomic mass is 9.98. The Labute approximate surface area is 95.6 Å². The largest absolute Gasteiger partial charge is 0.329 e. The van der Waals surface area contributed by atoms with Crippen LogP contribution in [0, 0.1) is 5.41 Å². The van der Waals surface area contributed by atoms with Crippen LogP contribution in [0.1, 0.15) is 17.7 Å². The van der Waals surface area contributed by atoms with Crippen LogP contribution in [-0.4, -0.2) is 12.3 Å². The summed E-state index contributed by atoms with van der Waals surface area (Å²) in [4.78, 5) is 13.0. The molecular weight excluding hydrogens is 262 g/mol. The molecule has 0 amide bonds. The standard InChI is InChI=1S/C10H12BrNOS/c11-7-3-8(14-5-7)4-9(13)10(6-12)1-2-10/h3,5H,1-2,4,6,12H2. The average Bonchev–Trinajstić information content (AvgIpc) is 2.87. The summed E-state index contributed by atoms with van der Waals surface area (Å²) in [7, 11) is 0. The molecule has 1 saturated carbocycles. The molecule has 0 radical (unpaired) electrons. The highest BCUT2D eigenvalue weighted by molar-refractivity contribution is 9.10. The Kier molecular flexibility index (Phi) is 2.77. The molecule has 1 heterocycles. The zero-order chi connectivity index (χ0) is 10.2. The van der Waals surface area contributed by atoms with E-state index in [4.69, 9.17) is 5.73 Å². The van der Waals surface area contributed by atoms with Gasteiger partial charge >= 0.3 is 0 Å². The van der Waals surface area contributed by atoms with E-state index in [-0.39, 0.29) is 5.41 Å². The average molecular weight is 274 g/mol. The van der Waals surface area contributed by atoms with Crippen molar-refractivity contribution in [1.29, 1.82) is 0 Å². The van der Waals surface area contributed by atoms with Crippen molar-refractivity contribution in [2.45, 2.75) is 19.3 Å². The van der Waals surface area contributed by atoms with Gasteiger partial charge in [-0.2, -0.15) is 0 Å². The number of carbonyl (C=O) groups excluding carboxylic acids is 1. The Bertz CT molecular complexity index is 357. The number of halogens is 1. The van der Waals surface area contributed by atoms with Crippen LogP contribution in [0.25, 0.3) is 0 Å². The maximum Gasteiger partial charge on any atom is 0.145 e. The van der Waals surface area contributed by atoms with Gasteiger partial charge in [-0.1, -0.05) is 0 Å². The summed E-state index contributed by atoms with van der Waals surface area (Å²) in [6, 6.07) is 2.01. The van der Waals surface area contributed by atoms with Crippen LogP contribution in [0.15, 0.2) is 15.9 Å². The fourth-order valence-electron chi connectivity index (χ4n) is 1.54. The van der Waals surface area contributed by atoms with Crippen LogP contribution in [0.4, 0.5) is 0 Å². The molecule has 1 aromatic heterocycles. The molecule has 2 N–H and O–H groups in total. The van der Waals surface area contributed by atoms with Crippen molar-refractivity contribution < 1.29 is 4.79 Å². The molecule has 0 saturated heterocycles. The zero-order valence-electron chi connectivity index (χ0n) is 7.75. The molecule has 0 unspecified atom stereocenters. The SMILES string of the molecule is NCC1(C(=O)Cc2cc(Br)cs2)CC1. The van der Waals surface area contributed by atoms with Gasteiger partial charge < -0.3 is 5.73 Å². The minimum Gasteiger partial charge on any atom is -0.329 e. The number of ketones is 1. The third-order valence-corrected chi connectivity index (χ3v) is 4.49. The second kappa shape index (κ2) is 3.76. The minimum absolute atomic E-state index is 0.156. The molecule has 0 aliphatic heterocycles. The van der Waals surface area contributed by atoms with E-state index in [2.05, 4.69) is 15.9 Å². The number of Topliss-reactive ketones (excluding diaryl/α,β-unsaturated/α-hetero) is 1. The van der Waals surface area contributed by atoms with Crippen molar-refractivity contribution in [3.8, 4) is 0 Å². The molecule has 4 heteroatoms. The van der Waals surface area contributed by atoms with E-state index in [9.17, 15) is 4.79 Å². The van der Waals surface area contributed by atoms with Crippen LogP contribution >= 0.6 is 27.3 Å². The van der Waals surface area contributed by atoms with Gasteiger partial charge in [0.15, 0.2) is 0 Å². The predicted octanol–water partition coefficient (Wildman–Crippen LogP) is 2.36. The number of carbonyl (C=O) groups is 1. The van der Waals surface area contributed by atoms with Crippen molar-refractivity contribution in [2.24, 2.45) is 11.1 Å². The Morgan fingerprint density at radius 1 is 1.64 bits per heavy atom. The van der Waals surface area contributed by atoms with Gasteiger partial charge in [0.25, 0.3) is 0 Å². The van der Waals surface area contributed by atoms with Gasteiger partial charge in [0.2, 0.25) is 0 Å². The second-order valence-corrected chi connectivity index (χ2v) is 5.73. The molecule has 2 rings (SSSR count). The van der Waals surface area contributed by atoms with E-state index >= 15 is 0 Å². The van der Waals surface area contributed by atoms with Crippen molar-refractivity contribution in [2.75, 3.05) is 6.54 Å². The molecule has 14 heavy (non-hydrogen) atoms. The molecular formula is C10H12BrNOS. The van der Waals surface area contributed by atoms with Gasteiger partial charge in [0, 0.05) is 33.1 Å². The summed E-state index contributed by atoms with van der Waals surface area (Å²) in [5.41, 5.74) is 5.45. The van der Waals surface area contributed by atoms with Crippen LogP contribution < -0.4 is 5.73 Å². The summed E-state index contributed by atoms with van der Waals surface area (Å²) in [5.74, 6) is 0.314. The Balaban J connectivity index is 2.01. The Hall–Kier alpha value is -0.190. The minimum atomic E-state index is -0.156. The number of thiophene rings is 1. The van der Waals surface area contributed by atoms with Gasteiger partial charge in [-0.15, -0.1) is 11.3 Å². The first kappa shape index (κ1) is 10.3. The molecule has 0 bridgehead atoms. The molecule has 1 aromatic rings. The number of hydrogen-bond donors (Lipinski definition) is 1. The highest BCUT2D eigenvalue weighted by Crippen LogP contribution is 2.46. The smallest absolute Gasteiger partial charge is 0.145 e. The zero-order valence-corrected chi connectivity index (χ0v) is 10.2. The molecule has 1 aliphatic carbocycles. The van der Waals surface area contributed by atoms with Crippen molar-refractivity contribution >= 4 is 33.0 Å². The highest BCUT2D eigenvalue weighted by Gasteiger charge is 2.47. The van der Waals surface area contributed by atoms with Gasteiger partial charge in [0.05, 0.1) is 0 Å². The van der Waals surface area contributed by atoms with Gasteiger partial charge in [-0.3, -0.25) is 4.79 Å². The first-order valence-corrected chi connectivity index (χ1v) is 6.30. The van der Waals surface area contributed by atoms with E-state index in [1.54, 1.807) is 11.3 Å².